The molecular weight excluding hydrogens is 224 g/mol. The van der Waals surface area contributed by atoms with E-state index in [0.717, 1.165) is 18.4 Å². The number of rotatable bonds is 2. The zero-order valence-electron chi connectivity index (χ0n) is 7.43. The highest BCUT2D eigenvalue weighted by atomic mass is 35.5. The van der Waals surface area contributed by atoms with E-state index in [2.05, 4.69) is 0 Å². The summed E-state index contributed by atoms with van der Waals surface area (Å²) in [5.41, 5.74) is 6.66. The summed E-state index contributed by atoms with van der Waals surface area (Å²) in [6.45, 7) is 0. The molecule has 0 spiro atoms. The maximum Gasteiger partial charge on any atom is 0.143 e. The lowest BCUT2D eigenvalue weighted by atomic mass is 10.0. The van der Waals surface area contributed by atoms with E-state index in [9.17, 15) is 4.39 Å². The van der Waals surface area contributed by atoms with Crippen molar-refractivity contribution in [1.82, 2.24) is 0 Å². The Hall–Kier alpha value is -0.310. The van der Waals surface area contributed by atoms with Crippen LogP contribution in [0.1, 0.15) is 24.4 Å². The van der Waals surface area contributed by atoms with Crippen molar-refractivity contribution < 1.29 is 4.39 Å². The van der Waals surface area contributed by atoms with Crippen LogP contribution < -0.4 is 5.73 Å². The first-order chi connectivity index (χ1) is 6.59. The van der Waals surface area contributed by atoms with Gasteiger partial charge in [0.25, 0.3) is 0 Å². The van der Waals surface area contributed by atoms with E-state index in [-0.39, 0.29) is 16.1 Å². The molecule has 0 radical (unpaired) electrons. The van der Waals surface area contributed by atoms with Gasteiger partial charge in [-0.15, -0.1) is 0 Å². The molecule has 1 aliphatic rings. The van der Waals surface area contributed by atoms with Gasteiger partial charge in [0.2, 0.25) is 0 Å². The van der Waals surface area contributed by atoms with Crippen molar-refractivity contribution in [2.45, 2.75) is 18.9 Å². The molecule has 0 saturated heterocycles. The van der Waals surface area contributed by atoms with Crippen LogP contribution in [0.15, 0.2) is 12.1 Å². The first-order valence-corrected chi connectivity index (χ1v) is 5.25. The molecule has 1 atom stereocenters. The van der Waals surface area contributed by atoms with E-state index < -0.39 is 5.82 Å². The molecule has 0 aliphatic heterocycles. The van der Waals surface area contributed by atoms with E-state index in [4.69, 9.17) is 28.9 Å². The highest BCUT2D eigenvalue weighted by molar-refractivity contribution is 6.42. The number of hydrogen-bond donors (Lipinski definition) is 1. The van der Waals surface area contributed by atoms with Gasteiger partial charge >= 0.3 is 0 Å². The largest absolute Gasteiger partial charge is 0.324 e. The van der Waals surface area contributed by atoms with Gasteiger partial charge in [-0.05, 0) is 36.5 Å². The van der Waals surface area contributed by atoms with Crippen molar-refractivity contribution in [3.8, 4) is 0 Å². The van der Waals surface area contributed by atoms with Crippen molar-refractivity contribution in [2.75, 3.05) is 0 Å². The normalized spacial score (nSPS) is 18.3. The molecule has 0 heterocycles. The van der Waals surface area contributed by atoms with E-state index >= 15 is 0 Å². The molecule has 0 amide bonds. The minimum atomic E-state index is -0.495. The Morgan fingerprint density at radius 3 is 2.50 bits per heavy atom. The minimum Gasteiger partial charge on any atom is -0.324 e. The maximum atomic E-state index is 13.2. The Morgan fingerprint density at radius 1 is 1.36 bits per heavy atom. The van der Waals surface area contributed by atoms with Crippen LogP contribution in [0.3, 0.4) is 0 Å². The van der Waals surface area contributed by atoms with Crippen LogP contribution in [-0.4, -0.2) is 0 Å². The zero-order valence-corrected chi connectivity index (χ0v) is 8.95. The summed E-state index contributed by atoms with van der Waals surface area (Å²) in [5, 5.41) is 0.205. The second kappa shape index (κ2) is 3.69. The first-order valence-electron chi connectivity index (χ1n) is 4.49. The summed E-state index contributed by atoms with van der Waals surface area (Å²) in [6.07, 6.45) is 2.23. The summed E-state index contributed by atoms with van der Waals surface area (Å²) in [6, 6.07) is 2.91. The molecule has 1 fully saturated rings. The first kappa shape index (κ1) is 10.2. The highest BCUT2D eigenvalue weighted by Crippen LogP contribution is 2.40. The monoisotopic (exact) mass is 233 g/mol. The van der Waals surface area contributed by atoms with Crippen molar-refractivity contribution >= 4 is 23.2 Å². The Labute approximate surface area is 92.0 Å². The molecule has 76 valence electrons. The average Bonchev–Trinajstić information content (AvgIpc) is 2.95. The lowest BCUT2D eigenvalue weighted by Crippen LogP contribution is -2.12. The molecule has 0 bridgehead atoms. The summed E-state index contributed by atoms with van der Waals surface area (Å²) >= 11 is 11.4. The summed E-state index contributed by atoms with van der Waals surface area (Å²) in [7, 11) is 0. The van der Waals surface area contributed by atoms with Crippen molar-refractivity contribution in [1.29, 1.82) is 0 Å². The van der Waals surface area contributed by atoms with Gasteiger partial charge in [0.1, 0.15) is 5.82 Å². The summed E-state index contributed by atoms with van der Waals surface area (Å²) < 4.78 is 13.2. The third-order valence-corrected chi connectivity index (χ3v) is 3.30. The van der Waals surface area contributed by atoms with Gasteiger partial charge in [0.05, 0.1) is 10.0 Å². The molecule has 1 unspecified atom stereocenters. The fourth-order valence-corrected chi connectivity index (χ4v) is 1.82. The Bertz CT molecular complexity index is 340. The fourth-order valence-electron chi connectivity index (χ4n) is 1.50. The standard InChI is InChI=1S/C10H10Cl2FN/c11-7-3-6(4-8(13)9(7)12)10(14)5-1-2-5/h3-5,10H,1-2,14H2. The van der Waals surface area contributed by atoms with Gasteiger partial charge in [0, 0.05) is 6.04 Å². The second-order valence-electron chi connectivity index (χ2n) is 3.66. The van der Waals surface area contributed by atoms with E-state index in [1.54, 1.807) is 6.07 Å². The Kier molecular flexibility index (Phi) is 2.69. The van der Waals surface area contributed by atoms with Crippen molar-refractivity contribution in [3.05, 3.63) is 33.6 Å². The van der Waals surface area contributed by atoms with Crippen LogP contribution in [0, 0.1) is 11.7 Å². The van der Waals surface area contributed by atoms with E-state index in [1.807, 2.05) is 0 Å². The van der Waals surface area contributed by atoms with Gasteiger partial charge in [-0.1, -0.05) is 23.2 Å². The zero-order chi connectivity index (χ0) is 10.3. The molecule has 1 saturated carbocycles. The lowest BCUT2D eigenvalue weighted by molar-refractivity contribution is 0.602. The van der Waals surface area contributed by atoms with Crippen LogP contribution in [0.2, 0.25) is 10.0 Å². The van der Waals surface area contributed by atoms with Gasteiger partial charge in [-0.2, -0.15) is 0 Å². The van der Waals surface area contributed by atoms with Crippen LogP contribution in [0.25, 0.3) is 0 Å². The van der Waals surface area contributed by atoms with Crippen LogP contribution >= 0.6 is 23.2 Å². The Balaban J connectivity index is 2.34. The minimum absolute atomic E-state index is 0.0292. The van der Waals surface area contributed by atoms with Crippen molar-refractivity contribution in [2.24, 2.45) is 11.7 Å². The number of hydrogen-bond acceptors (Lipinski definition) is 1. The molecule has 0 aromatic heterocycles. The van der Waals surface area contributed by atoms with Crippen LogP contribution in [0.4, 0.5) is 4.39 Å². The van der Waals surface area contributed by atoms with Gasteiger partial charge in [0.15, 0.2) is 0 Å². The topological polar surface area (TPSA) is 26.0 Å². The third-order valence-electron chi connectivity index (χ3n) is 2.52. The number of halogens is 3. The van der Waals surface area contributed by atoms with Crippen molar-refractivity contribution in [3.63, 3.8) is 0 Å². The number of nitrogens with two attached hydrogens (primary N) is 1. The lowest BCUT2D eigenvalue weighted by Gasteiger charge is -2.11. The van der Waals surface area contributed by atoms with E-state index in [1.165, 1.54) is 6.07 Å². The number of benzene rings is 1. The van der Waals surface area contributed by atoms with Gasteiger partial charge in [-0.25, -0.2) is 4.39 Å². The maximum absolute atomic E-state index is 13.2. The predicted octanol–water partition coefficient (Wildman–Crippen LogP) is 3.54. The SMILES string of the molecule is NC(c1cc(F)c(Cl)c(Cl)c1)C1CC1. The fraction of sp³-hybridized carbons (Fsp3) is 0.400. The van der Waals surface area contributed by atoms with Gasteiger partial charge in [-0.3, -0.25) is 0 Å². The molecule has 1 nitrogen and oxygen atoms in total. The molecule has 1 aromatic rings. The Morgan fingerprint density at radius 2 is 2.00 bits per heavy atom. The molecule has 1 aliphatic carbocycles. The molecule has 1 aromatic carbocycles. The average molecular weight is 234 g/mol. The van der Waals surface area contributed by atoms with Crippen LogP contribution in [-0.2, 0) is 0 Å². The smallest absolute Gasteiger partial charge is 0.143 e. The van der Waals surface area contributed by atoms with Crippen LogP contribution in [0.5, 0.6) is 0 Å². The molecular formula is C10H10Cl2FN. The molecule has 2 N–H and O–H groups in total. The molecule has 4 heteroatoms. The summed E-state index contributed by atoms with van der Waals surface area (Å²) in [4.78, 5) is 0. The second-order valence-corrected chi connectivity index (χ2v) is 4.45. The quantitative estimate of drug-likeness (QED) is 0.778. The van der Waals surface area contributed by atoms with E-state index in [0.29, 0.717) is 5.92 Å². The third kappa shape index (κ3) is 1.88. The van der Waals surface area contributed by atoms with Gasteiger partial charge < -0.3 is 5.73 Å². The summed E-state index contributed by atoms with van der Waals surface area (Å²) in [5.74, 6) is -0.0168. The highest BCUT2D eigenvalue weighted by Gasteiger charge is 2.30. The molecule has 2 rings (SSSR count). The molecule has 14 heavy (non-hydrogen) atoms. The predicted molar refractivity (Wildman–Crippen MR) is 56.1 cm³/mol.